The number of nitrogens with one attached hydrogen (secondary N) is 3. The van der Waals surface area contributed by atoms with Gasteiger partial charge in [-0.05, 0) is 73.7 Å². The fraction of sp³-hybridized carbons (Fsp3) is 0.231. The molecule has 0 amide bonds. The Morgan fingerprint density at radius 3 is 2.28 bits per heavy atom. The lowest BCUT2D eigenvalue weighted by Crippen LogP contribution is -2.28. The Labute approximate surface area is 208 Å². The molecular formula is C26H26FN5O3S. The molecule has 186 valence electrons. The molecule has 1 aliphatic carbocycles. The number of aromatic nitrogens is 3. The van der Waals surface area contributed by atoms with E-state index >= 15 is 0 Å². The fourth-order valence-corrected chi connectivity index (χ4v) is 5.58. The lowest BCUT2D eigenvalue weighted by atomic mass is 9.93. The summed E-state index contributed by atoms with van der Waals surface area (Å²) in [6.45, 7) is 0. The number of aliphatic hydroxyl groups is 1. The highest BCUT2D eigenvalue weighted by Gasteiger charge is 2.23. The van der Waals surface area contributed by atoms with Crippen molar-refractivity contribution >= 4 is 27.3 Å². The van der Waals surface area contributed by atoms with E-state index in [2.05, 4.69) is 25.8 Å². The van der Waals surface area contributed by atoms with E-state index in [1.807, 2.05) is 0 Å². The van der Waals surface area contributed by atoms with Crippen molar-refractivity contribution in [3.8, 4) is 11.3 Å². The monoisotopic (exact) mass is 507 g/mol. The Morgan fingerprint density at radius 1 is 0.861 bits per heavy atom. The van der Waals surface area contributed by atoms with Crippen molar-refractivity contribution < 1.29 is 17.9 Å². The number of nitrogens with zero attached hydrogens (tertiary/aromatic N) is 2. The number of benzene rings is 2. The summed E-state index contributed by atoms with van der Waals surface area (Å²) in [7, 11) is -3.79. The van der Waals surface area contributed by atoms with E-state index in [0.717, 1.165) is 18.4 Å². The van der Waals surface area contributed by atoms with Crippen LogP contribution in [0.5, 0.6) is 0 Å². The van der Waals surface area contributed by atoms with Crippen LogP contribution in [0.1, 0.15) is 25.7 Å². The first-order valence-corrected chi connectivity index (χ1v) is 13.2. The van der Waals surface area contributed by atoms with E-state index in [1.165, 1.54) is 24.3 Å². The molecule has 0 atom stereocenters. The van der Waals surface area contributed by atoms with Crippen LogP contribution in [0.4, 0.5) is 21.8 Å². The Balaban J connectivity index is 1.46. The van der Waals surface area contributed by atoms with Gasteiger partial charge in [0.05, 0.1) is 21.6 Å². The van der Waals surface area contributed by atoms with Crippen molar-refractivity contribution in [2.24, 2.45) is 0 Å². The predicted molar refractivity (Wildman–Crippen MR) is 135 cm³/mol. The molecule has 1 saturated carbocycles. The summed E-state index contributed by atoms with van der Waals surface area (Å²) in [5, 5.41) is 23.4. The molecule has 10 heteroatoms. The first-order valence-electron chi connectivity index (χ1n) is 11.7. The normalized spacial score (nSPS) is 18.1. The summed E-state index contributed by atoms with van der Waals surface area (Å²) in [5.74, 6) is 0.834. The first kappa shape index (κ1) is 24.0. The van der Waals surface area contributed by atoms with Crippen LogP contribution in [0.15, 0.2) is 82.6 Å². The topological polar surface area (TPSA) is 120 Å². The second-order valence-electron chi connectivity index (χ2n) is 8.84. The van der Waals surface area contributed by atoms with Gasteiger partial charge in [0.15, 0.2) is 5.82 Å². The smallest absolute Gasteiger partial charge is 0.206 e. The minimum Gasteiger partial charge on any atom is -0.393 e. The Kier molecular flexibility index (Phi) is 6.71. The fourth-order valence-electron chi connectivity index (χ4n) is 4.26. The molecule has 2 heterocycles. The van der Waals surface area contributed by atoms with Gasteiger partial charge < -0.3 is 15.7 Å². The third-order valence-corrected chi connectivity index (χ3v) is 7.95. The molecule has 0 saturated heterocycles. The maximum absolute atomic E-state index is 13.4. The number of hydrogen-bond donors (Lipinski definition) is 4. The summed E-state index contributed by atoms with van der Waals surface area (Å²) in [6.07, 6.45) is 2.60. The molecule has 5 rings (SSSR count). The highest BCUT2D eigenvalue weighted by atomic mass is 32.2. The van der Waals surface area contributed by atoms with Crippen molar-refractivity contribution in [2.75, 3.05) is 10.6 Å². The average molecular weight is 508 g/mol. The summed E-state index contributed by atoms with van der Waals surface area (Å²) in [6, 6.07) is 19.1. The van der Waals surface area contributed by atoms with Crippen LogP contribution < -0.4 is 10.6 Å². The van der Waals surface area contributed by atoms with Crippen molar-refractivity contribution in [1.82, 2.24) is 15.2 Å². The van der Waals surface area contributed by atoms with Gasteiger partial charge in [-0.15, -0.1) is 0 Å². The third kappa shape index (κ3) is 5.39. The number of aromatic amines is 1. The van der Waals surface area contributed by atoms with Gasteiger partial charge in [0.1, 0.15) is 17.5 Å². The molecule has 1 fully saturated rings. The number of aliphatic hydroxyl groups excluding tert-OH is 1. The van der Waals surface area contributed by atoms with E-state index in [9.17, 15) is 17.9 Å². The quantitative estimate of drug-likeness (QED) is 0.281. The van der Waals surface area contributed by atoms with Crippen molar-refractivity contribution in [2.45, 2.75) is 47.6 Å². The van der Waals surface area contributed by atoms with E-state index < -0.39 is 9.84 Å². The van der Waals surface area contributed by atoms with Gasteiger partial charge in [0, 0.05) is 18.2 Å². The first-order chi connectivity index (χ1) is 17.4. The van der Waals surface area contributed by atoms with Gasteiger partial charge in [-0.1, -0.05) is 18.2 Å². The van der Waals surface area contributed by atoms with Crippen LogP contribution in [0.25, 0.3) is 11.3 Å². The zero-order valence-electron chi connectivity index (χ0n) is 19.4. The molecule has 4 aromatic rings. The molecule has 0 radical (unpaired) electrons. The molecule has 0 unspecified atom stereocenters. The second kappa shape index (κ2) is 10.1. The number of anilines is 3. The highest BCUT2D eigenvalue weighted by molar-refractivity contribution is 7.91. The SMILES string of the molecule is O=S(=O)(c1ccccc1)c1cc(Nc2cc(-c3ccc(F)cc3)[nH]n2)nc(NC2CCC(O)CC2)c1. The van der Waals surface area contributed by atoms with Gasteiger partial charge in [-0.2, -0.15) is 5.10 Å². The number of hydrogen-bond acceptors (Lipinski definition) is 7. The highest BCUT2D eigenvalue weighted by Crippen LogP contribution is 2.29. The van der Waals surface area contributed by atoms with Crippen molar-refractivity contribution in [3.63, 3.8) is 0 Å². The number of rotatable bonds is 7. The van der Waals surface area contributed by atoms with Crippen LogP contribution in [0.3, 0.4) is 0 Å². The molecule has 2 aromatic heterocycles. The number of H-pyrrole nitrogens is 1. The molecule has 0 spiro atoms. The maximum atomic E-state index is 13.4. The molecule has 1 aliphatic rings. The summed E-state index contributed by atoms with van der Waals surface area (Å²) >= 11 is 0. The van der Waals surface area contributed by atoms with E-state index in [-0.39, 0.29) is 27.8 Å². The molecule has 4 N–H and O–H groups in total. The molecule has 2 aromatic carbocycles. The Hall–Kier alpha value is -3.76. The lowest BCUT2D eigenvalue weighted by molar-refractivity contribution is 0.126. The summed E-state index contributed by atoms with van der Waals surface area (Å²) < 4.78 is 40.0. The van der Waals surface area contributed by atoms with Crippen LogP contribution >= 0.6 is 0 Å². The van der Waals surface area contributed by atoms with Gasteiger partial charge in [-0.25, -0.2) is 17.8 Å². The zero-order valence-corrected chi connectivity index (χ0v) is 20.2. The molecule has 0 aliphatic heterocycles. The molecule has 8 nitrogen and oxygen atoms in total. The third-order valence-electron chi connectivity index (χ3n) is 6.20. The zero-order chi connectivity index (χ0) is 25.1. The summed E-state index contributed by atoms with van der Waals surface area (Å²) in [5.41, 5.74) is 1.43. The predicted octanol–water partition coefficient (Wildman–Crippen LogP) is 4.90. The van der Waals surface area contributed by atoms with E-state index in [1.54, 1.807) is 48.5 Å². The van der Waals surface area contributed by atoms with E-state index in [4.69, 9.17) is 0 Å². The maximum Gasteiger partial charge on any atom is 0.206 e. The minimum atomic E-state index is -3.79. The minimum absolute atomic E-state index is 0.0823. The standard InChI is InChI=1S/C26H26FN5O3S/c27-18-8-6-17(7-9-18)23-16-26(32-31-23)30-25-15-22(36(34,35)21-4-2-1-3-5-21)14-24(29-25)28-19-10-12-20(33)13-11-19/h1-9,14-16,19-20,33H,10-13H2,(H3,28,29,30,31,32). The summed E-state index contributed by atoms with van der Waals surface area (Å²) in [4.78, 5) is 4.87. The molecule has 0 bridgehead atoms. The van der Waals surface area contributed by atoms with Crippen molar-refractivity contribution in [3.05, 3.63) is 78.6 Å². The number of pyridine rings is 1. The van der Waals surface area contributed by atoms with Crippen LogP contribution in [0, 0.1) is 5.82 Å². The van der Waals surface area contributed by atoms with E-state index in [0.29, 0.717) is 36.0 Å². The largest absolute Gasteiger partial charge is 0.393 e. The Morgan fingerprint density at radius 2 is 1.56 bits per heavy atom. The van der Waals surface area contributed by atoms with Gasteiger partial charge in [0.25, 0.3) is 0 Å². The number of halogens is 1. The van der Waals surface area contributed by atoms with Crippen LogP contribution in [0.2, 0.25) is 0 Å². The molecular weight excluding hydrogens is 481 g/mol. The van der Waals surface area contributed by atoms with Gasteiger partial charge in [-0.3, -0.25) is 5.10 Å². The van der Waals surface area contributed by atoms with Gasteiger partial charge in [0.2, 0.25) is 9.84 Å². The van der Waals surface area contributed by atoms with Crippen LogP contribution in [-0.2, 0) is 9.84 Å². The van der Waals surface area contributed by atoms with Gasteiger partial charge >= 0.3 is 0 Å². The van der Waals surface area contributed by atoms with Crippen LogP contribution in [-0.4, -0.2) is 40.9 Å². The second-order valence-corrected chi connectivity index (χ2v) is 10.8. The lowest BCUT2D eigenvalue weighted by Gasteiger charge is -2.26. The Bertz CT molecular complexity index is 1430. The van der Waals surface area contributed by atoms with Crippen molar-refractivity contribution in [1.29, 1.82) is 0 Å². The molecule has 36 heavy (non-hydrogen) atoms. The number of sulfone groups is 1. The average Bonchev–Trinajstić information content (AvgIpc) is 3.34.